The first-order valence-corrected chi connectivity index (χ1v) is 12.5. The number of hydrogen-bond donors (Lipinski definition) is 11. The van der Waals surface area contributed by atoms with Crippen LogP contribution in [0.3, 0.4) is 0 Å². The van der Waals surface area contributed by atoms with Crippen LogP contribution in [0.4, 0.5) is 0 Å². The van der Waals surface area contributed by atoms with Gasteiger partial charge in [-0.3, -0.25) is 0 Å². The summed E-state index contributed by atoms with van der Waals surface area (Å²) in [5.41, 5.74) is -3.92. The summed E-state index contributed by atoms with van der Waals surface area (Å²) < 4.78 is 20.9. The van der Waals surface area contributed by atoms with Gasteiger partial charge in [0, 0.05) is 11.1 Å². The Balaban J connectivity index is 1.53. The Bertz CT molecular complexity index is 1720. The number of carbonyl (C=O) groups is 3. The summed E-state index contributed by atoms with van der Waals surface area (Å²) in [5, 5.41) is 112. The highest BCUT2D eigenvalue weighted by molar-refractivity contribution is 6.08. The molecule has 45 heavy (non-hydrogen) atoms. The zero-order chi connectivity index (χ0) is 33.1. The maximum absolute atomic E-state index is 13.3. The lowest BCUT2D eigenvalue weighted by atomic mass is 9.91. The first-order chi connectivity index (χ1) is 21.1. The van der Waals surface area contributed by atoms with E-state index in [4.69, 9.17) is 18.9 Å². The molecule has 18 heteroatoms. The van der Waals surface area contributed by atoms with Gasteiger partial charge < -0.3 is 75.1 Å². The van der Waals surface area contributed by atoms with Crippen LogP contribution < -0.4 is 0 Å². The normalized spacial score (nSPS) is 22.7. The molecule has 2 heterocycles. The van der Waals surface area contributed by atoms with Crippen LogP contribution >= 0.6 is 0 Å². The predicted octanol–water partition coefficient (Wildman–Crippen LogP) is -0.297. The summed E-state index contributed by atoms with van der Waals surface area (Å²) in [5.74, 6) is -14.1. The molecule has 0 saturated carbocycles. The van der Waals surface area contributed by atoms with Crippen molar-refractivity contribution in [1.82, 2.24) is 0 Å². The van der Waals surface area contributed by atoms with Crippen LogP contribution in [0.1, 0.15) is 31.1 Å². The molecule has 3 aromatic rings. The van der Waals surface area contributed by atoms with Gasteiger partial charge in [-0.2, -0.15) is 0 Å². The summed E-state index contributed by atoms with van der Waals surface area (Å²) in [6.07, 6.45) is -10.0. The highest BCUT2D eigenvalue weighted by atomic mass is 16.7. The maximum atomic E-state index is 13.3. The highest BCUT2D eigenvalue weighted by Gasteiger charge is 2.50. The zero-order valence-corrected chi connectivity index (χ0v) is 22.2. The number of hydrogen-bond acceptors (Lipinski definition) is 18. The molecule has 5 atom stereocenters. The van der Waals surface area contributed by atoms with Crippen molar-refractivity contribution in [3.05, 3.63) is 41.0 Å². The number of aromatic hydroxyl groups is 9. The third-order valence-electron chi connectivity index (χ3n) is 6.99. The Labute approximate surface area is 248 Å². The molecule has 0 aliphatic carbocycles. The smallest absolute Gasteiger partial charge is 0.341 e. The lowest BCUT2D eigenvalue weighted by Gasteiger charge is -2.41. The van der Waals surface area contributed by atoms with E-state index in [0.717, 1.165) is 12.1 Å². The summed E-state index contributed by atoms with van der Waals surface area (Å²) >= 11 is 0. The number of rotatable bonds is 3. The minimum atomic E-state index is -2.14. The summed E-state index contributed by atoms with van der Waals surface area (Å²) in [6.45, 7) is -0.885. The highest BCUT2D eigenvalue weighted by Crippen LogP contribution is 2.53. The molecular weight excluding hydrogens is 612 g/mol. The summed E-state index contributed by atoms with van der Waals surface area (Å²) in [7, 11) is 0. The van der Waals surface area contributed by atoms with Crippen molar-refractivity contribution in [1.29, 1.82) is 0 Å². The molecular formula is C27H22O18. The van der Waals surface area contributed by atoms with Crippen LogP contribution in [0.2, 0.25) is 0 Å². The van der Waals surface area contributed by atoms with E-state index in [2.05, 4.69) is 0 Å². The van der Waals surface area contributed by atoms with E-state index in [9.17, 15) is 70.6 Å². The molecule has 1 saturated heterocycles. The van der Waals surface area contributed by atoms with E-state index >= 15 is 0 Å². The first kappa shape index (κ1) is 30.6. The molecule has 238 valence electrons. The molecule has 0 unspecified atom stereocenters. The predicted molar refractivity (Wildman–Crippen MR) is 139 cm³/mol. The Morgan fingerprint density at radius 3 is 1.62 bits per heavy atom. The number of phenols is 9. The quantitative estimate of drug-likeness (QED) is 0.100. The number of carbonyl (C=O) groups excluding carboxylic acids is 3. The van der Waals surface area contributed by atoms with Crippen molar-refractivity contribution < 1.29 is 89.5 Å². The van der Waals surface area contributed by atoms with Gasteiger partial charge in [0.2, 0.25) is 17.8 Å². The lowest BCUT2D eigenvalue weighted by Crippen LogP contribution is -2.61. The third-order valence-corrected chi connectivity index (χ3v) is 6.99. The van der Waals surface area contributed by atoms with Gasteiger partial charge in [0.1, 0.15) is 24.9 Å². The second-order valence-electron chi connectivity index (χ2n) is 9.79. The van der Waals surface area contributed by atoms with Crippen molar-refractivity contribution in [2.24, 2.45) is 0 Å². The van der Waals surface area contributed by atoms with Crippen LogP contribution in [0.5, 0.6) is 51.7 Å². The summed E-state index contributed by atoms with van der Waals surface area (Å²) in [6, 6.07) is 2.60. The third kappa shape index (κ3) is 5.07. The van der Waals surface area contributed by atoms with Gasteiger partial charge in [0.15, 0.2) is 46.4 Å². The van der Waals surface area contributed by atoms with Gasteiger partial charge in [0.25, 0.3) is 0 Å². The molecule has 2 aliphatic heterocycles. The van der Waals surface area contributed by atoms with Crippen LogP contribution in [-0.4, -0.2) is 111 Å². The number of esters is 3. The molecule has 1 fully saturated rings. The standard InChI is InChI=1S/C27H22O18/c28-9-1-6(2-10(29)16(9)32)24(39)42-5-13-19(35)22(38)23-27(43-13)45-26(41)8-4-12(31)18(34)21(37)15(8)14-7(25(40)44-23)3-11(30)17(33)20(14)36/h1-4,13,19,22-23,27-38H,5H2/t13-,19-,22+,23-,27+/m1/s1. The molecule has 0 radical (unpaired) electrons. The second kappa shape index (κ2) is 11.0. The van der Waals surface area contributed by atoms with E-state index in [1.54, 1.807) is 0 Å². The largest absolute Gasteiger partial charge is 0.504 e. The maximum Gasteiger partial charge on any atom is 0.341 e. The van der Waals surface area contributed by atoms with Crippen LogP contribution in [0.25, 0.3) is 11.1 Å². The van der Waals surface area contributed by atoms with E-state index in [0.29, 0.717) is 12.1 Å². The number of fused-ring (bicyclic) bond motifs is 4. The number of aliphatic hydroxyl groups excluding tert-OH is 2. The van der Waals surface area contributed by atoms with Gasteiger partial charge in [-0.15, -0.1) is 0 Å². The topological polar surface area (TPSA) is 311 Å². The molecule has 2 aliphatic rings. The van der Waals surface area contributed by atoms with Crippen molar-refractivity contribution in [3.63, 3.8) is 0 Å². The van der Waals surface area contributed by atoms with Gasteiger partial charge in [-0.1, -0.05) is 0 Å². The number of ether oxygens (including phenoxy) is 4. The van der Waals surface area contributed by atoms with Crippen molar-refractivity contribution >= 4 is 17.9 Å². The lowest BCUT2D eigenvalue weighted by molar-refractivity contribution is -0.284. The van der Waals surface area contributed by atoms with Crippen LogP contribution in [0, 0.1) is 0 Å². The van der Waals surface area contributed by atoms with E-state index < -0.39 is 135 Å². The molecule has 11 N–H and O–H groups in total. The van der Waals surface area contributed by atoms with Crippen molar-refractivity contribution in [2.45, 2.75) is 30.7 Å². The van der Waals surface area contributed by atoms with Crippen LogP contribution in [-0.2, 0) is 18.9 Å². The SMILES string of the molecule is O=C(OC[C@H]1O[C@H]2OC(=O)c3cc(O)c(O)c(O)c3-c3c(cc(O)c(O)c3O)C(=O)O[C@@H]2[C@@H](O)[C@@H]1O)c1cc(O)c(O)c(O)c1. The Morgan fingerprint density at radius 2 is 1.11 bits per heavy atom. The van der Waals surface area contributed by atoms with E-state index in [1.807, 2.05) is 0 Å². The van der Waals surface area contributed by atoms with Crippen LogP contribution in [0.15, 0.2) is 24.3 Å². The molecule has 5 rings (SSSR count). The number of benzene rings is 3. The average molecular weight is 634 g/mol. The second-order valence-corrected chi connectivity index (χ2v) is 9.79. The Hall–Kier alpha value is -5.85. The number of phenolic OH excluding ortho intramolecular Hbond substituents is 9. The minimum Gasteiger partial charge on any atom is -0.504 e. The van der Waals surface area contributed by atoms with Crippen molar-refractivity contribution in [2.75, 3.05) is 6.61 Å². The zero-order valence-electron chi connectivity index (χ0n) is 22.2. The van der Waals surface area contributed by atoms with E-state index in [1.165, 1.54) is 0 Å². The van der Waals surface area contributed by atoms with Gasteiger partial charge >= 0.3 is 17.9 Å². The Morgan fingerprint density at radius 1 is 0.644 bits per heavy atom. The molecule has 0 amide bonds. The van der Waals surface area contributed by atoms with E-state index in [-0.39, 0.29) is 0 Å². The number of aliphatic hydroxyl groups is 2. The molecule has 0 bridgehead atoms. The molecule has 3 aromatic carbocycles. The first-order valence-electron chi connectivity index (χ1n) is 12.5. The fraction of sp³-hybridized carbons (Fsp3) is 0.222. The van der Waals surface area contributed by atoms with Gasteiger partial charge in [-0.25, -0.2) is 14.4 Å². The summed E-state index contributed by atoms with van der Waals surface area (Å²) in [4.78, 5) is 39.1. The molecule has 0 spiro atoms. The minimum absolute atomic E-state index is 0.457. The molecule has 18 nitrogen and oxygen atoms in total. The van der Waals surface area contributed by atoms with Crippen molar-refractivity contribution in [3.8, 4) is 62.9 Å². The Kier molecular flexibility index (Phi) is 7.49. The fourth-order valence-electron chi connectivity index (χ4n) is 4.70. The van der Waals surface area contributed by atoms with Gasteiger partial charge in [-0.05, 0) is 24.3 Å². The van der Waals surface area contributed by atoms with Gasteiger partial charge in [0.05, 0.1) is 16.7 Å². The monoisotopic (exact) mass is 634 g/mol. The average Bonchev–Trinajstić information content (AvgIpc) is 2.99. The molecule has 0 aromatic heterocycles. The fourth-order valence-corrected chi connectivity index (χ4v) is 4.70.